The maximum atomic E-state index is 12.0. The Kier molecular flexibility index (Phi) is 4.92. The molecule has 0 saturated heterocycles. The van der Waals surface area contributed by atoms with Crippen LogP contribution in [0.1, 0.15) is 23.0 Å². The highest BCUT2D eigenvalue weighted by Crippen LogP contribution is 2.28. The summed E-state index contributed by atoms with van der Waals surface area (Å²) in [5, 5.41) is 3.84. The van der Waals surface area contributed by atoms with E-state index in [0.717, 1.165) is 0 Å². The van der Waals surface area contributed by atoms with Gasteiger partial charge in [-0.25, -0.2) is 9.59 Å². The highest BCUT2D eigenvalue weighted by molar-refractivity contribution is 6.33. The topological polar surface area (TPSA) is 78.1 Å². The lowest BCUT2D eigenvalue weighted by molar-refractivity contribution is -0.136. The Morgan fingerprint density at radius 1 is 1.38 bits per heavy atom. The van der Waals surface area contributed by atoms with Gasteiger partial charge in [0.25, 0.3) is 0 Å². The summed E-state index contributed by atoms with van der Waals surface area (Å²) in [5.74, 6) is 1.99. The number of hydrogen-bond acceptors (Lipinski definition) is 6. The van der Waals surface area contributed by atoms with Gasteiger partial charge < -0.3 is 14.0 Å². The number of nitrogens with zero attached hydrogens (tertiary/aromatic N) is 1. The molecule has 0 saturated carbocycles. The summed E-state index contributed by atoms with van der Waals surface area (Å²) < 4.78 is 10.6. The average molecular weight is 370 g/mol. The fourth-order valence-corrected chi connectivity index (χ4v) is 2.46. The second-order valence-electron chi connectivity index (χ2n) is 5.29. The van der Waals surface area contributed by atoms with Crippen molar-refractivity contribution in [3.63, 3.8) is 0 Å². The van der Waals surface area contributed by atoms with Gasteiger partial charge in [0.05, 0.1) is 21.9 Å². The summed E-state index contributed by atoms with van der Waals surface area (Å²) in [5.41, 5.74) is 1.59. The Bertz CT molecular complexity index is 994. The Labute approximate surface area is 154 Å². The first kappa shape index (κ1) is 17.5. The van der Waals surface area contributed by atoms with E-state index in [-0.39, 0.29) is 17.2 Å². The molecule has 0 aliphatic carbocycles. The van der Waals surface area contributed by atoms with Crippen molar-refractivity contribution < 1.29 is 23.6 Å². The number of carbonyl (C=O) groups excluding carboxylic acids is 2. The molecule has 3 rings (SSSR count). The molecule has 0 spiro atoms. The van der Waals surface area contributed by atoms with Crippen LogP contribution in [0.4, 0.5) is 0 Å². The summed E-state index contributed by atoms with van der Waals surface area (Å²) in [6.07, 6.45) is 6.62. The minimum atomic E-state index is -0.621. The third-order valence-electron chi connectivity index (χ3n) is 3.55. The monoisotopic (exact) mass is 369 g/mol. The van der Waals surface area contributed by atoms with Crippen LogP contribution in [0.5, 0.6) is 0 Å². The fourth-order valence-electron chi connectivity index (χ4n) is 2.27. The molecular weight excluding hydrogens is 358 g/mol. The molecule has 130 valence electrons. The van der Waals surface area contributed by atoms with Gasteiger partial charge in [0.15, 0.2) is 6.61 Å². The predicted molar refractivity (Wildman–Crippen MR) is 95.4 cm³/mol. The van der Waals surface area contributed by atoms with Crippen LogP contribution in [0.25, 0.3) is 17.4 Å². The van der Waals surface area contributed by atoms with E-state index in [9.17, 15) is 9.59 Å². The van der Waals surface area contributed by atoms with Gasteiger partial charge in [-0.05, 0) is 43.3 Å². The van der Waals surface area contributed by atoms with Crippen molar-refractivity contribution in [2.75, 3.05) is 6.61 Å². The molecule has 0 atom stereocenters. The Hall–Kier alpha value is -3.30. The van der Waals surface area contributed by atoms with Crippen LogP contribution >= 0.6 is 11.6 Å². The van der Waals surface area contributed by atoms with Crippen molar-refractivity contribution in [3.8, 4) is 23.7 Å². The SMILES string of the molecule is C#CCOC(=O)c1cc(-c2ccc(/C=C3\C(=O)ON=C3C)o2)ccc1Cl. The number of oxime groups is 1. The number of hydrogen-bond donors (Lipinski definition) is 0. The highest BCUT2D eigenvalue weighted by atomic mass is 35.5. The molecular formula is C19H12ClNO5. The molecule has 2 heterocycles. The predicted octanol–water partition coefficient (Wildman–Crippen LogP) is 3.71. The van der Waals surface area contributed by atoms with E-state index in [1.54, 1.807) is 37.3 Å². The molecule has 1 aliphatic heterocycles. The number of furan rings is 1. The van der Waals surface area contributed by atoms with Gasteiger partial charge in [-0.3, -0.25) is 0 Å². The third kappa shape index (κ3) is 3.53. The first-order valence-electron chi connectivity index (χ1n) is 7.48. The van der Waals surface area contributed by atoms with Gasteiger partial charge in [0, 0.05) is 5.56 Å². The number of terminal acetylenes is 1. The first-order chi connectivity index (χ1) is 12.5. The van der Waals surface area contributed by atoms with Crippen LogP contribution in [-0.4, -0.2) is 24.3 Å². The van der Waals surface area contributed by atoms with Crippen LogP contribution in [0, 0.1) is 12.3 Å². The molecule has 0 unspecified atom stereocenters. The second-order valence-corrected chi connectivity index (χ2v) is 5.70. The Balaban J connectivity index is 1.89. The van der Waals surface area contributed by atoms with E-state index in [2.05, 4.69) is 15.9 Å². The maximum absolute atomic E-state index is 12.0. The van der Waals surface area contributed by atoms with E-state index in [1.807, 2.05) is 0 Å². The highest BCUT2D eigenvalue weighted by Gasteiger charge is 2.22. The van der Waals surface area contributed by atoms with Crippen molar-refractivity contribution in [1.82, 2.24) is 0 Å². The van der Waals surface area contributed by atoms with Crippen LogP contribution in [0.2, 0.25) is 5.02 Å². The molecule has 26 heavy (non-hydrogen) atoms. The molecule has 2 aromatic rings. The smallest absolute Gasteiger partial charge is 0.367 e. The van der Waals surface area contributed by atoms with Crippen molar-refractivity contribution in [1.29, 1.82) is 0 Å². The van der Waals surface area contributed by atoms with Gasteiger partial charge in [0.2, 0.25) is 0 Å². The zero-order valence-corrected chi connectivity index (χ0v) is 14.4. The quantitative estimate of drug-likeness (QED) is 0.355. The Morgan fingerprint density at radius 2 is 2.19 bits per heavy atom. The molecule has 0 N–H and O–H groups in total. The summed E-state index contributed by atoms with van der Waals surface area (Å²) in [6.45, 7) is 1.52. The lowest BCUT2D eigenvalue weighted by atomic mass is 10.1. The number of ether oxygens (including phenoxy) is 1. The van der Waals surface area contributed by atoms with Crippen molar-refractivity contribution in [2.45, 2.75) is 6.92 Å². The molecule has 0 fully saturated rings. The molecule has 7 heteroatoms. The molecule has 1 aliphatic rings. The minimum absolute atomic E-state index is 0.144. The van der Waals surface area contributed by atoms with Crippen LogP contribution < -0.4 is 0 Å². The molecule has 0 amide bonds. The van der Waals surface area contributed by atoms with E-state index in [1.165, 1.54) is 6.08 Å². The number of rotatable bonds is 4. The van der Waals surface area contributed by atoms with E-state index >= 15 is 0 Å². The average Bonchev–Trinajstić information content (AvgIpc) is 3.22. The molecule has 1 aromatic carbocycles. The maximum Gasteiger partial charge on any atom is 0.367 e. The van der Waals surface area contributed by atoms with Crippen LogP contribution in [0.15, 0.2) is 45.5 Å². The molecule has 0 bridgehead atoms. The molecule has 6 nitrogen and oxygen atoms in total. The fraction of sp³-hybridized carbons (Fsp3) is 0.105. The minimum Gasteiger partial charge on any atom is -0.457 e. The number of esters is 1. The van der Waals surface area contributed by atoms with Crippen molar-refractivity contribution in [2.24, 2.45) is 5.16 Å². The van der Waals surface area contributed by atoms with Crippen molar-refractivity contribution in [3.05, 3.63) is 52.3 Å². The summed E-state index contributed by atoms with van der Waals surface area (Å²) in [4.78, 5) is 28.2. The number of halogens is 1. The van der Waals surface area contributed by atoms with Crippen molar-refractivity contribution >= 4 is 35.3 Å². The number of benzene rings is 1. The molecule has 0 radical (unpaired) electrons. The van der Waals surface area contributed by atoms with Gasteiger partial charge >= 0.3 is 11.9 Å². The van der Waals surface area contributed by atoms with E-state index in [4.69, 9.17) is 27.2 Å². The van der Waals surface area contributed by atoms with E-state index < -0.39 is 11.9 Å². The molecule has 1 aromatic heterocycles. The second kappa shape index (κ2) is 7.30. The summed E-state index contributed by atoms with van der Waals surface area (Å²) >= 11 is 6.05. The normalized spacial score (nSPS) is 14.7. The lowest BCUT2D eigenvalue weighted by Gasteiger charge is -2.05. The zero-order valence-electron chi connectivity index (χ0n) is 13.6. The lowest BCUT2D eigenvalue weighted by Crippen LogP contribution is -2.06. The van der Waals surface area contributed by atoms with Crippen LogP contribution in [0.3, 0.4) is 0 Å². The largest absolute Gasteiger partial charge is 0.457 e. The van der Waals surface area contributed by atoms with Gasteiger partial charge in [-0.1, -0.05) is 22.7 Å². The standard InChI is InChI=1S/C19H12ClNO5/c1-3-8-24-18(22)15-9-12(4-6-16(15)20)17-7-5-13(25-17)10-14-11(2)21-26-19(14)23/h1,4-7,9-10H,8H2,2H3/b14-10-. The number of carbonyl (C=O) groups is 2. The third-order valence-corrected chi connectivity index (χ3v) is 3.88. The first-order valence-corrected chi connectivity index (χ1v) is 7.85. The van der Waals surface area contributed by atoms with Gasteiger partial charge in [-0.15, -0.1) is 6.42 Å². The van der Waals surface area contributed by atoms with Gasteiger partial charge in [-0.2, -0.15) is 0 Å². The van der Waals surface area contributed by atoms with Crippen LogP contribution in [-0.2, 0) is 14.4 Å². The summed E-state index contributed by atoms with van der Waals surface area (Å²) in [6, 6.07) is 8.21. The zero-order chi connectivity index (χ0) is 18.7. The Morgan fingerprint density at radius 3 is 2.88 bits per heavy atom. The van der Waals surface area contributed by atoms with E-state index in [0.29, 0.717) is 28.4 Å². The van der Waals surface area contributed by atoms with Gasteiger partial charge in [0.1, 0.15) is 11.5 Å². The summed E-state index contributed by atoms with van der Waals surface area (Å²) in [7, 11) is 0.